The molecule has 0 aromatic rings. The highest BCUT2D eigenvalue weighted by Gasteiger charge is 2.46. The van der Waals surface area contributed by atoms with Crippen LogP contribution in [0.15, 0.2) is 70.4 Å². The minimum atomic E-state index is -0.577. The van der Waals surface area contributed by atoms with Gasteiger partial charge >= 0.3 is 0 Å². The minimum absolute atomic E-state index is 0.429. The molecule has 0 spiro atoms. The molecule has 1 N–H and O–H groups in total. The van der Waals surface area contributed by atoms with Gasteiger partial charge in [-0.1, -0.05) is 43.4 Å². The molecule has 5 atom stereocenters. The number of likely N-dealkylation sites (N-methyl/N-ethyl adjacent to an activating group) is 1. The van der Waals surface area contributed by atoms with Gasteiger partial charge in [0.2, 0.25) is 0 Å². The molecular formula is C46H76N4O3. The summed E-state index contributed by atoms with van der Waals surface area (Å²) in [5.41, 5.74) is 8.60. The van der Waals surface area contributed by atoms with Crippen LogP contribution in [0.5, 0.6) is 0 Å². The molecule has 7 heteroatoms. The second-order valence-electron chi connectivity index (χ2n) is 15.9. The minimum Gasteiger partial charge on any atom is -0.382 e. The van der Waals surface area contributed by atoms with E-state index in [9.17, 15) is 5.11 Å². The van der Waals surface area contributed by atoms with Gasteiger partial charge in [-0.15, -0.1) is 0 Å². The van der Waals surface area contributed by atoms with Crippen molar-refractivity contribution in [2.45, 2.75) is 150 Å². The SMILES string of the molecule is CC/C=C/CCC(C)N(CC)C1=CCC(C2=C3C(=C(C4CC=C(N(CC)C5C=CCCC5)CC4)N(CCCOCC)C3O)CN2CCCOCC)CC1. The lowest BCUT2D eigenvalue weighted by Crippen LogP contribution is -2.38. The summed E-state index contributed by atoms with van der Waals surface area (Å²) < 4.78 is 11.6. The highest BCUT2D eigenvalue weighted by Crippen LogP contribution is 2.50. The van der Waals surface area contributed by atoms with Gasteiger partial charge < -0.3 is 34.2 Å². The number of allylic oxidation sites excluding steroid dienone is 9. The van der Waals surface area contributed by atoms with Crippen molar-refractivity contribution in [1.82, 2.24) is 19.6 Å². The number of ether oxygens (including phenoxy) is 2. The van der Waals surface area contributed by atoms with Crippen LogP contribution in [0.3, 0.4) is 0 Å². The normalized spacial score (nSPS) is 25.4. The fourth-order valence-corrected chi connectivity index (χ4v) is 9.98. The van der Waals surface area contributed by atoms with Crippen LogP contribution in [0.25, 0.3) is 0 Å². The molecule has 0 fully saturated rings. The van der Waals surface area contributed by atoms with Gasteiger partial charge in [-0.3, -0.25) is 0 Å². The Morgan fingerprint density at radius 2 is 1.57 bits per heavy atom. The van der Waals surface area contributed by atoms with Gasteiger partial charge in [0.1, 0.15) is 0 Å². The molecule has 2 heterocycles. The Balaban J connectivity index is 1.43. The Bertz CT molecular complexity index is 1330. The van der Waals surface area contributed by atoms with Crippen LogP contribution in [0.2, 0.25) is 0 Å². The number of hydrogen-bond acceptors (Lipinski definition) is 7. The van der Waals surface area contributed by atoms with Crippen molar-refractivity contribution in [2.75, 3.05) is 59.2 Å². The summed E-state index contributed by atoms with van der Waals surface area (Å²) in [7, 11) is 0. The standard InChI is InChI=1S/C46H76N4O3/c1-7-12-13-15-20-36(6)48(8-2)40-27-25-38(26-28-40)45-43-42(35-47(45)31-18-33-52-10-4)44(50(46(43)51)32-19-34-53-11-5)37-23-29-41(30-24-37)49(9-3)39-21-16-14-17-22-39/h12-13,16,21,27,29,36-39,46,51H,7-11,14-15,17-20,22-26,28,30-35H2,1-6H3/b13-12+. The Morgan fingerprint density at radius 3 is 2.17 bits per heavy atom. The average Bonchev–Trinajstić information content (AvgIpc) is 3.68. The van der Waals surface area contributed by atoms with Gasteiger partial charge in [0.15, 0.2) is 6.23 Å². The zero-order chi connectivity index (χ0) is 37.6. The summed E-state index contributed by atoms with van der Waals surface area (Å²) >= 11 is 0. The second kappa shape index (κ2) is 21.6. The predicted molar refractivity (Wildman–Crippen MR) is 221 cm³/mol. The van der Waals surface area contributed by atoms with E-state index in [1.807, 2.05) is 0 Å². The summed E-state index contributed by atoms with van der Waals surface area (Å²) in [5.74, 6) is 0.862. The first-order valence-electron chi connectivity index (χ1n) is 22.0. The smallest absolute Gasteiger partial charge is 0.155 e. The lowest BCUT2D eigenvalue weighted by molar-refractivity contribution is 0.0508. The second-order valence-corrected chi connectivity index (χ2v) is 15.9. The molecule has 0 saturated heterocycles. The quantitative estimate of drug-likeness (QED) is 0.0879. The largest absolute Gasteiger partial charge is 0.382 e. The lowest BCUT2D eigenvalue weighted by atomic mass is 9.85. The molecule has 5 unspecified atom stereocenters. The molecule has 0 saturated carbocycles. The number of rotatable bonds is 22. The molecule has 3 aliphatic carbocycles. The van der Waals surface area contributed by atoms with Crippen LogP contribution < -0.4 is 0 Å². The van der Waals surface area contributed by atoms with Crippen molar-refractivity contribution < 1.29 is 14.6 Å². The molecule has 0 aromatic heterocycles. The topological polar surface area (TPSA) is 51.7 Å². The maximum atomic E-state index is 12.4. The van der Waals surface area contributed by atoms with Crippen LogP contribution in [0, 0.1) is 11.8 Å². The van der Waals surface area contributed by atoms with E-state index in [1.165, 1.54) is 59.6 Å². The molecule has 0 bridgehead atoms. The van der Waals surface area contributed by atoms with Crippen molar-refractivity contribution >= 4 is 0 Å². The van der Waals surface area contributed by atoms with E-state index in [2.05, 4.69) is 97.6 Å². The van der Waals surface area contributed by atoms with Gasteiger partial charge in [0.25, 0.3) is 0 Å². The predicted octanol–water partition coefficient (Wildman–Crippen LogP) is 9.55. The van der Waals surface area contributed by atoms with Crippen molar-refractivity contribution in [3.8, 4) is 0 Å². The van der Waals surface area contributed by atoms with Crippen molar-refractivity contribution in [2.24, 2.45) is 11.8 Å². The summed E-state index contributed by atoms with van der Waals surface area (Å²) in [4.78, 5) is 10.4. The third-order valence-electron chi connectivity index (χ3n) is 12.6. The van der Waals surface area contributed by atoms with Gasteiger partial charge in [0, 0.05) is 117 Å². The van der Waals surface area contributed by atoms with E-state index in [-0.39, 0.29) is 0 Å². The zero-order valence-electron chi connectivity index (χ0n) is 34.7. The van der Waals surface area contributed by atoms with Crippen molar-refractivity contribution in [1.29, 1.82) is 0 Å². The highest BCUT2D eigenvalue weighted by molar-refractivity contribution is 5.53. The number of fused-ring (bicyclic) bond motifs is 1. The maximum absolute atomic E-state index is 12.4. The molecular weight excluding hydrogens is 657 g/mol. The van der Waals surface area contributed by atoms with E-state index in [1.54, 1.807) is 0 Å². The van der Waals surface area contributed by atoms with Crippen molar-refractivity contribution in [3.05, 3.63) is 70.4 Å². The van der Waals surface area contributed by atoms with E-state index >= 15 is 0 Å². The Hall–Kier alpha value is -2.48. The third-order valence-corrected chi connectivity index (χ3v) is 12.6. The van der Waals surface area contributed by atoms with Crippen LogP contribution in [-0.2, 0) is 9.47 Å². The van der Waals surface area contributed by atoms with E-state index in [0.717, 1.165) is 123 Å². The molecule has 5 rings (SSSR count). The van der Waals surface area contributed by atoms with Gasteiger partial charge in [-0.2, -0.15) is 0 Å². The fraction of sp³-hybridized carbons (Fsp3) is 0.739. The number of hydrogen-bond donors (Lipinski definition) is 1. The fourth-order valence-electron chi connectivity index (χ4n) is 9.98. The van der Waals surface area contributed by atoms with E-state index in [0.29, 0.717) is 23.9 Å². The molecule has 298 valence electrons. The summed E-state index contributed by atoms with van der Waals surface area (Å²) in [6.07, 6.45) is 29.8. The zero-order valence-corrected chi connectivity index (χ0v) is 34.7. The monoisotopic (exact) mass is 733 g/mol. The molecule has 0 aromatic carbocycles. The van der Waals surface area contributed by atoms with Crippen LogP contribution >= 0.6 is 0 Å². The van der Waals surface area contributed by atoms with Crippen LogP contribution in [-0.4, -0.2) is 102 Å². The Kier molecular flexibility index (Phi) is 17.0. The Labute approximate surface area is 324 Å². The van der Waals surface area contributed by atoms with E-state index in [4.69, 9.17) is 9.47 Å². The molecule has 0 amide bonds. The van der Waals surface area contributed by atoms with Crippen LogP contribution in [0.1, 0.15) is 131 Å². The third kappa shape index (κ3) is 10.4. The molecule has 53 heavy (non-hydrogen) atoms. The highest BCUT2D eigenvalue weighted by atomic mass is 16.5. The number of nitrogens with zero attached hydrogens (tertiary/aromatic N) is 4. The first kappa shape index (κ1) is 41.7. The molecule has 2 aliphatic heterocycles. The number of aliphatic hydroxyl groups is 1. The van der Waals surface area contributed by atoms with Gasteiger partial charge in [0.05, 0.1) is 0 Å². The number of aliphatic hydroxyl groups excluding tert-OH is 1. The Morgan fingerprint density at radius 1 is 0.868 bits per heavy atom. The lowest BCUT2D eigenvalue weighted by Gasteiger charge is -2.39. The van der Waals surface area contributed by atoms with Gasteiger partial charge in [-0.05, 0) is 125 Å². The summed E-state index contributed by atoms with van der Waals surface area (Å²) in [6, 6.07) is 1.08. The van der Waals surface area contributed by atoms with E-state index < -0.39 is 6.23 Å². The molecule has 7 nitrogen and oxygen atoms in total. The first-order chi connectivity index (χ1) is 26.0. The summed E-state index contributed by atoms with van der Waals surface area (Å²) in [5, 5.41) is 12.4. The maximum Gasteiger partial charge on any atom is 0.155 e. The van der Waals surface area contributed by atoms with Gasteiger partial charge in [-0.25, -0.2) is 0 Å². The average molecular weight is 733 g/mol. The first-order valence-corrected chi connectivity index (χ1v) is 22.0. The van der Waals surface area contributed by atoms with Crippen LogP contribution in [0.4, 0.5) is 0 Å². The molecule has 5 aliphatic rings. The summed E-state index contributed by atoms with van der Waals surface area (Å²) in [6.45, 7) is 21.3. The molecule has 0 radical (unpaired) electrons. The van der Waals surface area contributed by atoms with Crippen molar-refractivity contribution in [3.63, 3.8) is 0 Å².